The maximum atomic E-state index is 12.5. The van der Waals surface area contributed by atoms with Gasteiger partial charge < -0.3 is 5.32 Å². The van der Waals surface area contributed by atoms with E-state index in [1.165, 1.54) is 47.8 Å². The fourth-order valence-corrected chi connectivity index (χ4v) is 5.50. The van der Waals surface area contributed by atoms with Gasteiger partial charge in [-0.05, 0) is 68.1 Å². The number of carbonyl (C=O) groups is 1. The van der Waals surface area contributed by atoms with E-state index >= 15 is 0 Å². The van der Waals surface area contributed by atoms with Crippen LogP contribution >= 0.6 is 12.2 Å². The van der Waals surface area contributed by atoms with Crippen LogP contribution < -0.4 is 16.2 Å². The van der Waals surface area contributed by atoms with Crippen LogP contribution in [0.25, 0.3) is 0 Å². The number of hydrogen-bond donors (Lipinski definition) is 3. The van der Waals surface area contributed by atoms with Crippen molar-refractivity contribution in [3.05, 3.63) is 29.8 Å². The lowest BCUT2D eigenvalue weighted by Crippen LogP contribution is -2.51. The number of hydrogen-bond acceptors (Lipinski definition) is 4. The third-order valence-electron chi connectivity index (χ3n) is 5.54. The van der Waals surface area contributed by atoms with Gasteiger partial charge in [-0.25, -0.2) is 8.42 Å². The lowest BCUT2D eigenvalue weighted by atomic mass is 9.86. The molecule has 2 atom stereocenters. The summed E-state index contributed by atoms with van der Waals surface area (Å²) in [5.41, 5.74) is 5.66. The summed E-state index contributed by atoms with van der Waals surface area (Å²) in [5.74, 6) is 0.181. The zero-order chi connectivity index (χ0) is 20.1. The molecule has 154 valence electrons. The van der Waals surface area contributed by atoms with Gasteiger partial charge in [-0.15, -0.1) is 0 Å². The summed E-state index contributed by atoms with van der Waals surface area (Å²) in [4.78, 5) is 12.5. The standard InChI is InChI=1S/C19H28N4O3S2/c1-14-6-2-3-7-17(14)20-19(27)22-21-18(24)15-8-10-16(11-9-15)28(25,26)23-12-4-5-13-23/h8-11,14,17H,2-7,12-13H2,1H3,(H,21,24)(H2,20,22,27)/t14-,17+/m0/s1. The van der Waals surface area contributed by atoms with Crippen LogP contribution in [0.15, 0.2) is 29.2 Å². The van der Waals surface area contributed by atoms with Crippen LogP contribution in [-0.2, 0) is 10.0 Å². The zero-order valence-electron chi connectivity index (χ0n) is 16.1. The minimum absolute atomic E-state index is 0.211. The molecule has 1 aromatic carbocycles. The molecule has 2 fully saturated rings. The van der Waals surface area contributed by atoms with Crippen molar-refractivity contribution >= 4 is 33.3 Å². The molecule has 0 unspecified atom stereocenters. The molecular formula is C19H28N4O3S2. The van der Waals surface area contributed by atoms with Crippen LogP contribution in [0.1, 0.15) is 55.8 Å². The molecule has 1 saturated heterocycles. The van der Waals surface area contributed by atoms with Gasteiger partial charge in [0.2, 0.25) is 10.0 Å². The number of carbonyl (C=O) groups excluding carboxylic acids is 1. The van der Waals surface area contributed by atoms with E-state index < -0.39 is 10.0 Å². The van der Waals surface area contributed by atoms with E-state index in [1.807, 2.05) is 0 Å². The van der Waals surface area contributed by atoms with Gasteiger partial charge in [0.05, 0.1) is 4.90 Å². The first-order chi connectivity index (χ1) is 13.4. The van der Waals surface area contributed by atoms with Crippen LogP contribution in [0.5, 0.6) is 0 Å². The van der Waals surface area contributed by atoms with Crippen LogP contribution in [0.3, 0.4) is 0 Å². The van der Waals surface area contributed by atoms with Crippen LogP contribution in [-0.4, -0.2) is 42.9 Å². The van der Waals surface area contributed by atoms with E-state index in [0.717, 1.165) is 19.3 Å². The predicted octanol–water partition coefficient (Wildman–Crippen LogP) is 2.16. The van der Waals surface area contributed by atoms with Crippen LogP contribution in [0, 0.1) is 5.92 Å². The van der Waals surface area contributed by atoms with Crippen molar-refractivity contribution in [2.24, 2.45) is 5.92 Å². The summed E-state index contributed by atoms with van der Waals surface area (Å²) >= 11 is 5.27. The molecule has 0 spiro atoms. The number of amides is 1. The first-order valence-corrected chi connectivity index (χ1v) is 11.7. The number of sulfonamides is 1. The Morgan fingerprint density at radius 3 is 2.32 bits per heavy atom. The van der Waals surface area contributed by atoms with Crippen molar-refractivity contribution in [1.29, 1.82) is 0 Å². The van der Waals surface area contributed by atoms with Gasteiger partial charge in [-0.3, -0.25) is 15.6 Å². The monoisotopic (exact) mass is 424 g/mol. The fraction of sp³-hybridized carbons (Fsp3) is 0.579. The predicted molar refractivity (Wildman–Crippen MR) is 112 cm³/mol. The SMILES string of the molecule is C[C@H]1CCCC[C@H]1NC(=S)NNC(=O)c1ccc(S(=O)(=O)N2CCCC2)cc1. The summed E-state index contributed by atoms with van der Waals surface area (Å²) in [5, 5.41) is 3.65. The van der Waals surface area contributed by atoms with Crippen molar-refractivity contribution in [3.8, 4) is 0 Å². The molecule has 3 N–H and O–H groups in total. The Kier molecular flexibility index (Phi) is 6.90. The fourth-order valence-electron chi connectivity index (χ4n) is 3.78. The molecule has 1 heterocycles. The molecule has 1 aliphatic carbocycles. The van der Waals surface area contributed by atoms with Crippen LogP contribution in [0.4, 0.5) is 0 Å². The number of rotatable bonds is 4. The molecule has 1 amide bonds. The molecule has 0 aromatic heterocycles. The number of nitrogens with zero attached hydrogens (tertiary/aromatic N) is 1. The topological polar surface area (TPSA) is 90.5 Å². The molecule has 0 radical (unpaired) electrons. The molecular weight excluding hydrogens is 396 g/mol. The molecule has 9 heteroatoms. The van der Waals surface area contributed by atoms with Crippen LogP contribution in [0.2, 0.25) is 0 Å². The lowest BCUT2D eigenvalue weighted by Gasteiger charge is -2.30. The first kappa shape index (κ1) is 21.0. The largest absolute Gasteiger partial charge is 0.358 e. The second-order valence-corrected chi connectivity index (χ2v) is 9.90. The minimum Gasteiger partial charge on any atom is -0.358 e. The third-order valence-corrected chi connectivity index (χ3v) is 7.67. The van der Waals surface area contributed by atoms with Crippen molar-refractivity contribution in [2.45, 2.75) is 56.4 Å². The summed E-state index contributed by atoms with van der Waals surface area (Å²) in [6.45, 7) is 3.31. The Labute approximate surface area is 172 Å². The van der Waals surface area contributed by atoms with Gasteiger partial charge in [0, 0.05) is 24.7 Å². The summed E-state index contributed by atoms with van der Waals surface area (Å²) in [6.07, 6.45) is 6.46. The van der Waals surface area contributed by atoms with Gasteiger partial charge in [0.25, 0.3) is 5.91 Å². The Morgan fingerprint density at radius 2 is 1.68 bits per heavy atom. The van der Waals surface area contributed by atoms with E-state index in [9.17, 15) is 13.2 Å². The minimum atomic E-state index is -3.47. The number of thiocarbonyl (C=S) groups is 1. The van der Waals surface area contributed by atoms with Gasteiger partial charge in [0.1, 0.15) is 0 Å². The normalized spacial score (nSPS) is 23.2. The molecule has 3 rings (SSSR count). The summed E-state index contributed by atoms with van der Waals surface area (Å²) < 4.78 is 26.6. The van der Waals surface area contributed by atoms with E-state index in [1.54, 1.807) is 0 Å². The molecule has 28 heavy (non-hydrogen) atoms. The second kappa shape index (κ2) is 9.19. The van der Waals surface area contributed by atoms with Gasteiger partial charge in [-0.2, -0.15) is 4.31 Å². The second-order valence-electron chi connectivity index (χ2n) is 7.56. The Balaban J connectivity index is 1.52. The van der Waals surface area contributed by atoms with E-state index in [2.05, 4.69) is 23.1 Å². The highest BCUT2D eigenvalue weighted by Crippen LogP contribution is 2.23. The maximum Gasteiger partial charge on any atom is 0.269 e. The molecule has 0 bridgehead atoms. The third kappa shape index (κ3) is 5.01. The molecule has 1 aromatic rings. The lowest BCUT2D eigenvalue weighted by molar-refractivity contribution is 0.0943. The summed E-state index contributed by atoms with van der Waals surface area (Å²) in [6, 6.07) is 6.30. The molecule has 2 aliphatic rings. The van der Waals surface area contributed by atoms with Crippen molar-refractivity contribution in [3.63, 3.8) is 0 Å². The van der Waals surface area contributed by atoms with Gasteiger partial charge >= 0.3 is 0 Å². The average molecular weight is 425 g/mol. The van der Waals surface area contributed by atoms with Crippen molar-refractivity contribution in [1.82, 2.24) is 20.5 Å². The molecule has 1 aliphatic heterocycles. The Hall–Kier alpha value is -1.71. The Bertz CT molecular complexity index is 805. The van der Waals surface area contributed by atoms with Gasteiger partial charge in [-0.1, -0.05) is 19.8 Å². The number of benzene rings is 1. The Morgan fingerprint density at radius 1 is 1.04 bits per heavy atom. The quantitative estimate of drug-likeness (QED) is 0.507. The highest BCUT2D eigenvalue weighted by Gasteiger charge is 2.27. The van der Waals surface area contributed by atoms with Crippen molar-refractivity contribution in [2.75, 3.05) is 13.1 Å². The average Bonchev–Trinajstić information content (AvgIpc) is 3.24. The highest BCUT2D eigenvalue weighted by atomic mass is 32.2. The zero-order valence-corrected chi connectivity index (χ0v) is 17.7. The number of hydrazine groups is 1. The highest BCUT2D eigenvalue weighted by molar-refractivity contribution is 7.89. The summed E-state index contributed by atoms with van der Waals surface area (Å²) in [7, 11) is -3.47. The molecule has 1 saturated carbocycles. The number of nitrogens with one attached hydrogen (secondary N) is 3. The van der Waals surface area contributed by atoms with E-state index in [0.29, 0.717) is 35.7 Å². The van der Waals surface area contributed by atoms with Gasteiger partial charge in [0.15, 0.2) is 5.11 Å². The first-order valence-electron chi connectivity index (χ1n) is 9.85. The smallest absolute Gasteiger partial charge is 0.269 e. The molecule has 7 nitrogen and oxygen atoms in total. The maximum absolute atomic E-state index is 12.5. The van der Waals surface area contributed by atoms with E-state index in [4.69, 9.17) is 12.2 Å². The van der Waals surface area contributed by atoms with E-state index in [-0.39, 0.29) is 10.8 Å². The van der Waals surface area contributed by atoms with Crippen molar-refractivity contribution < 1.29 is 13.2 Å².